The Balaban J connectivity index is 1.69. The molecule has 0 unspecified atom stereocenters. The molecule has 3 N–H and O–H groups in total. The molecule has 0 saturated heterocycles. The fourth-order valence-electron chi connectivity index (χ4n) is 1.60. The highest BCUT2D eigenvalue weighted by Gasteiger charge is 2.09. The number of hydrogen-bond acceptors (Lipinski definition) is 4. The highest BCUT2D eigenvalue weighted by molar-refractivity contribution is 5.95. The van der Waals surface area contributed by atoms with E-state index in [2.05, 4.69) is 16.2 Å². The van der Waals surface area contributed by atoms with Crippen LogP contribution in [-0.4, -0.2) is 24.3 Å². The number of carbonyl (C=O) groups is 3. The lowest BCUT2D eigenvalue weighted by Crippen LogP contribution is -2.46. The molecule has 1 heterocycles. The predicted octanol–water partition coefficient (Wildman–Crippen LogP) is 0.870. The van der Waals surface area contributed by atoms with Gasteiger partial charge in [-0.15, -0.1) is 0 Å². The molecule has 0 atom stereocenters. The quantitative estimate of drug-likeness (QED) is 0.563. The molecule has 7 nitrogen and oxygen atoms in total. The predicted molar refractivity (Wildman–Crippen MR) is 82.8 cm³/mol. The number of amides is 3. The number of hydrogen-bond donors (Lipinski definition) is 3. The van der Waals surface area contributed by atoms with Gasteiger partial charge in [0.2, 0.25) is 5.91 Å². The minimum Gasteiger partial charge on any atom is -0.459 e. The number of furan rings is 1. The van der Waals surface area contributed by atoms with Gasteiger partial charge in [-0.2, -0.15) is 0 Å². The van der Waals surface area contributed by atoms with Crippen molar-refractivity contribution in [1.82, 2.24) is 16.2 Å². The van der Waals surface area contributed by atoms with Gasteiger partial charge < -0.3 is 9.73 Å². The second-order valence-electron chi connectivity index (χ2n) is 4.44. The zero-order valence-electron chi connectivity index (χ0n) is 12.1. The zero-order valence-corrected chi connectivity index (χ0v) is 12.1. The van der Waals surface area contributed by atoms with Gasteiger partial charge in [0, 0.05) is 6.08 Å². The van der Waals surface area contributed by atoms with Crippen LogP contribution in [0.2, 0.25) is 0 Å². The number of carbonyl (C=O) groups excluding carboxylic acids is 3. The largest absolute Gasteiger partial charge is 0.459 e. The van der Waals surface area contributed by atoms with Crippen molar-refractivity contribution >= 4 is 23.8 Å². The molecule has 1 aromatic heterocycles. The van der Waals surface area contributed by atoms with E-state index in [1.165, 1.54) is 18.4 Å². The summed E-state index contributed by atoms with van der Waals surface area (Å²) >= 11 is 0. The summed E-state index contributed by atoms with van der Waals surface area (Å²) in [6.45, 7) is -0.267. The minimum absolute atomic E-state index is 0.0696. The molecule has 1 aromatic carbocycles. The van der Waals surface area contributed by atoms with Crippen LogP contribution in [0.15, 0.2) is 59.2 Å². The molecule has 3 amide bonds. The summed E-state index contributed by atoms with van der Waals surface area (Å²) in [4.78, 5) is 34.6. The Bertz CT molecular complexity index is 693. The monoisotopic (exact) mass is 313 g/mol. The molecule has 0 aliphatic carbocycles. The first-order chi connectivity index (χ1) is 11.1. The highest BCUT2D eigenvalue weighted by atomic mass is 16.3. The van der Waals surface area contributed by atoms with Crippen molar-refractivity contribution < 1.29 is 18.8 Å². The number of hydrazine groups is 1. The van der Waals surface area contributed by atoms with E-state index in [0.29, 0.717) is 0 Å². The lowest BCUT2D eigenvalue weighted by molar-refractivity contribution is -0.124. The maximum Gasteiger partial charge on any atom is 0.305 e. The number of rotatable bonds is 5. The Labute approximate surface area is 132 Å². The van der Waals surface area contributed by atoms with Crippen LogP contribution in [0.5, 0.6) is 0 Å². The van der Waals surface area contributed by atoms with Crippen LogP contribution in [-0.2, 0) is 9.59 Å². The Morgan fingerprint density at radius 3 is 2.48 bits per heavy atom. The molecule has 0 fully saturated rings. The van der Waals surface area contributed by atoms with Crippen LogP contribution in [0.1, 0.15) is 16.1 Å². The third-order valence-electron chi connectivity index (χ3n) is 2.71. The van der Waals surface area contributed by atoms with E-state index < -0.39 is 17.7 Å². The first-order valence-electron chi connectivity index (χ1n) is 6.79. The summed E-state index contributed by atoms with van der Waals surface area (Å²) in [6, 6.07) is 12.3. The van der Waals surface area contributed by atoms with Gasteiger partial charge in [0.15, 0.2) is 5.76 Å². The SMILES string of the molecule is O=C(/C=C/c1ccccc1)NCC(=O)NNC(=O)c1ccco1. The fraction of sp³-hybridized carbons (Fsp3) is 0.0625. The average molecular weight is 313 g/mol. The average Bonchev–Trinajstić information content (AvgIpc) is 3.11. The van der Waals surface area contributed by atoms with Crippen LogP contribution < -0.4 is 16.2 Å². The van der Waals surface area contributed by atoms with Crippen molar-refractivity contribution in [3.05, 3.63) is 66.1 Å². The van der Waals surface area contributed by atoms with Crippen LogP contribution >= 0.6 is 0 Å². The zero-order chi connectivity index (χ0) is 16.5. The van der Waals surface area contributed by atoms with Gasteiger partial charge in [-0.05, 0) is 23.8 Å². The molecule has 2 rings (SSSR count). The van der Waals surface area contributed by atoms with Crippen molar-refractivity contribution in [2.24, 2.45) is 0 Å². The molecule has 0 aliphatic heterocycles. The number of benzene rings is 1. The van der Waals surface area contributed by atoms with Crippen molar-refractivity contribution in [1.29, 1.82) is 0 Å². The molecule has 118 valence electrons. The minimum atomic E-state index is -0.585. The van der Waals surface area contributed by atoms with Gasteiger partial charge in [0.1, 0.15) is 0 Å². The maximum atomic E-state index is 11.6. The van der Waals surface area contributed by atoms with E-state index in [0.717, 1.165) is 5.56 Å². The maximum absolute atomic E-state index is 11.6. The standard InChI is InChI=1S/C16H15N3O4/c20-14(9-8-12-5-2-1-3-6-12)17-11-15(21)18-19-16(22)13-7-4-10-23-13/h1-10H,11H2,(H,17,20)(H,18,21)(H,19,22)/b9-8+. The summed E-state index contributed by atoms with van der Waals surface area (Å²) in [7, 11) is 0. The first kappa shape index (κ1) is 16.0. The van der Waals surface area contributed by atoms with Gasteiger partial charge in [0.25, 0.3) is 5.91 Å². The Hall–Kier alpha value is -3.35. The normalized spacial score (nSPS) is 10.3. The molecule has 23 heavy (non-hydrogen) atoms. The van der Waals surface area contributed by atoms with Crippen LogP contribution in [0.4, 0.5) is 0 Å². The topological polar surface area (TPSA) is 100 Å². The highest BCUT2D eigenvalue weighted by Crippen LogP contribution is 2.00. The number of nitrogens with one attached hydrogen (secondary N) is 3. The smallest absolute Gasteiger partial charge is 0.305 e. The van der Waals surface area contributed by atoms with E-state index in [1.807, 2.05) is 30.3 Å². The third-order valence-corrected chi connectivity index (χ3v) is 2.71. The third kappa shape index (κ3) is 5.50. The summed E-state index contributed by atoms with van der Waals surface area (Å²) in [6.07, 6.45) is 4.30. The molecule has 2 aromatic rings. The summed E-state index contributed by atoms with van der Waals surface area (Å²) in [5.74, 6) is -1.49. The second-order valence-corrected chi connectivity index (χ2v) is 4.44. The molecular formula is C16H15N3O4. The molecule has 0 saturated carbocycles. The van der Waals surface area contributed by atoms with E-state index in [4.69, 9.17) is 4.42 Å². The molecule has 0 bridgehead atoms. The summed E-state index contributed by atoms with van der Waals surface area (Å²) < 4.78 is 4.86. The van der Waals surface area contributed by atoms with Gasteiger partial charge in [-0.3, -0.25) is 25.2 Å². The van der Waals surface area contributed by atoms with Gasteiger partial charge >= 0.3 is 5.91 Å². The van der Waals surface area contributed by atoms with E-state index in [9.17, 15) is 14.4 Å². The summed E-state index contributed by atoms with van der Waals surface area (Å²) in [5.41, 5.74) is 5.20. The van der Waals surface area contributed by atoms with Crippen molar-refractivity contribution in [3.63, 3.8) is 0 Å². The van der Waals surface area contributed by atoms with Gasteiger partial charge in [0.05, 0.1) is 12.8 Å². The molecule has 0 radical (unpaired) electrons. The van der Waals surface area contributed by atoms with Gasteiger partial charge in [-0.1, -0.05) is 30.3 Å². The van der Waals surface area contributed by atoms with Crippen molar-refractivity contribution in [2.75, 3.05) is 6.54 Å². The van der Waals surface area contributed by atoms with E-state index in [1.54, 1.807) is 12.1 Å². The Morgan fingerprint density at radius 2 is 1.78 bits per heavy atom. The van der Waals surface area contributed by atoms with Crippen LogP contribution in [0.25, 0.3) is 6.08 Å². The Morgan fingerprint density at radius 1 is 1.00 bits per heavy atom. The fourth-order valence-corrected chi connectivity index (χ4v) is 1.60. The van der Waals surface area contributed by atoms with E-state index in [-0.39, 0.29) is 12.3 Å². The lowest BCUT2D eigenvalue weighted by Gasteiger charge is -2.06. The second kappa shape index (κ2) is 8.18. The summed E-state index contributed by atoms with van der Waals surface area (Å²) in [5, 5.41) is 2.40. The van der Waals surface area contributed by atoms with Crippen LogP contribution in [0, 0.1) is 0 Å². The van der Waals surface area contributed by atoms with Crippen LogP contribution in [0.3, 0.4) is 0 Å². The van der Waals surface area contributed by atoms with E-state index >= 15 is 0 Å². The Kier molecular flexibility index (Phi) is 5.70. The molecule has 0 spiro atoms. The van der Waals surface area contributed by atoms with Crippen molar-refractivity contribution in [2.45, 2.75) is 0 Å². The van der Waals surface area contributed by atoms with Gasteiger partial charge in [-0.25, -0.2) is 0 Å². The lowest BCUT2D eigenvalue weighted by atomic mass is 10.2. The van der Waals surface area contributed by atoms with Crippen molar-refractivity contribution in [3.8, 4) is 0 Å². The molecule has 0 aliphatic rings. The molecular weight excluding hydrogens is 298 g/mol. The molecule has 7 heteroatoms. The first-order valence-corrected chi connectivity index (χ1v) is 6.79.